The first kappa shape index (κ1) is 13.6. The van der Waals surface area contributed by atoms with Gasteiger partial charge in [-0.3, -0.25) is 0 Å². The Hall–Kier alpha value is -1.81. The van der Waals surface area contributed by atoms with Gasteiger partial charge in [-0.2, -0.15) is 0 Å². The summed E-state index contributed by atoms with van der Waals surface area (Å²) in [5, 5.41) is 3.16. The summed E-state index contributed by atoms with van der Waals surface area (Å²) in [6.07, 6.45) is 0. The fraction of sp³-hybridized carbons (Fsp3) is 0.200. The number of hydrogen-bond acceptors (Lipinski definition) is 3. The number of nitrogens with one attached hydrogen (secondary N) is 1. The molecule has 4 heteroatoms. The summed E-state index contributed by atoms with van der Waals surface area (Å²) in [4.78, 5) is 0.376. The first-order valence-electron chi connectivity index (χ1n) is 6.17. The third-order valence-electron chi connectivity index (χ3n) is 2.93. The Morgan fingerprint density at radius 3 is 2.26 bits per heavy atom. The smallest absolute Gasteiger partial charge is 0.180 e. The first-order chi connectivity index (χ1) is 9.09. The van der Waals surface area contributed by atoms with Crippen molar-refractivity contribution in [3.8, 4) is 0 Å². The van der Waals surface area contributed by atoms with Gasteiger partial charge in [0.05, 0.1) is 10.6 Å². The molecule has 2 aromatic rings. The van der Waals surface area contributed by atoms with Gasteiger partial charge in [0.15, 0.2) is 9.84 Å². The maximum atomic E-state index is 12.1. The van der Waals surface area contributed by atoms with Gasteiger partial charge < -0.3 is 5.32 Å². The van der Waals surface area contributed by atoms with Crippen molar-refractivity contribution in [2.45, 2.75) is 11.8 Å². The normalized spacial score (nSPS) is 11.2. The predicted molar refractivity (Wildman–Crippen MR) is 78.2 cm³/mol. The van der Waals surface area contributed by atoms with E-state index in [4.69, 9.17) is 0 Å². The van der Waals surface area contributed by atoms with Gasteiger partial charge in [0, 0.05) is 12.2 Å². The van der Waals surface area contributed by atoms with Crippen LogP contribution in [0.2, 0.25) is 0 Å². The Kier molecular flexibility index (Phi) is 4.22. The number of anilines is 1. The number of aryl methyl sites for hydroxylation is 1. The zero-order valence-electron chi connectivity index (χ0n) is 10.8. The van der Waals surface area contributed by atoms with Crippen LogP contribution in [-0.4, -0.2) is 20.7 Å². The summed E-state index contributed by atoms with van der Waals surface area (Å²) < 4.78 is 24.1. The lowest BCUT2D eigenvalue weighted by Gasteiger charge is -2.09. The maximum Gasteiger partial charge on any atom is 0.180 e. The first-order valence-corrected chi connectivity index (χ1v) is 7.82. The van der Waals surface area contributed by atoms with Crippen LogP contribution in [0.5, 0.6) is 0 Å². The highest BCUT2D eigenvalue weighted by molar-refractivity contribution is 7.91. The molecule has 100 valence electrons. The van der Waals surface area contributed by atoms with Crippen molar-refractivity contribution in [3.05, 3.63) is 60.2 Å². The third-order valence-corrected chi connectivity index (χ3v) is 4.67. The van der Waals surface area contributed by atoms with Crippen LogP contribution >= 0.6 is 0 Å². The molecule has 0 fully saturated rings. The summed E-state index contributed by atoms with van der Waals surface area (Å²) in [5.41, 5.74) is 2.09. The molecule has 0 saturated carbocycles. The molecule has 0 spiro atoms. The van der Waals surface area contributed by atoms with Crippen molar-refractivity contribution >= 4 is 15.5 Å². The summed E-state index contributed by atoms with van der Waals surface area (Å²) in [6, 6.07) is 16.4. The summed E-state index contributed by atoms with van der Waals surface area (Å²) in [7, 11) is -3.21. The van der Waals surface area contributed by atoms with Gasteiger partial charge in [0.25, 0.3) is 0 Å². The average molecular weight is 275 g/mol. The van der Waals surface area contributed by atoms with E-state index in [0.29, 0.717) is 11.4 Å². The molecule has 19 heavy (non-hydrogen) atoms. The van der Waals surface area contributed by atoms with Gasteiger partial charge in [-0.1, -0.05) is 36.4 Å². The zero-order valence-corrected chi connectivity index (χ0v) is 11.7. The highest BCUT2D eigenvalue weighted by atomic mass is 32.2. The maximum absolute atomic E-state index is 12.1. The van der Waals surface area contributed by atoms with Crippen molar-refractivity contribution in [1.82, 2.24) is 0 Å². The highest BCUT2D eigenvalue weighted by Gasteiger charge is 2.13. The van der Waals surface area contributed by atoms with Gasteiger partial charge in [-0.15, -0.1) is 0 Å². The lowest BCUT2D eigenvalue weighted by molar-refractivity contribution is 0.596. The van der Waals surface area contributed by atoms with E-state index in [0.717, 1.165) is 11.3 Å². The standard InChI is InChI=1S/C15H17NO2S/c1-13-7-5-6-10-15(13)16-11-12-19(17,18)14-8-3-2-4-9-14/h2-10,16H,11-12H2,1H3. The van der Waals surface area contributed by atoms with E-state index in [2.05, 4.69) is 5.32 Å². The fourth-order valence-electron chi connectivity index (χ4n) is 1.84. The number of rotatable bonds is 5. The molecule has 0 amide bonds. The lowest BCUT2D eigenvalue weighted by atomic mass is 10.2. The summed E-state index contributed by atoms with van der Waals surface area (Å²) in [5.74, 6) is 0.0886. The van der Waals surface area contributed by atoms with Crippen LogP contribution in [0.3, 0.4) is 0 Å². The van der Waals surface area contributed by atoms with Crippen LogP contribution < -0.4 is 5.32 Å². The quantitative estimate of drug-likeness (QED) is 0.912. The van der Waals surface area contributed by atoms with Crippen molar-refractivity contribution in [2.24, 2.45) is 0 Å². The fourth-order valence-corrected chi connectivity index (χ4v) is 3.02. The molecule has 0 bridgehead atoms. The molecular weight excluding hydrogens is 258 g/mol. The van der Waals surface area contributed by atoms with Crippen molar-refractivity contribution in [2.75, 3.05) is 17.6 Å². The van der Waals surface area contributed by atoms with Crippen molar-refractivity contribution in [3.63, 3.8) is 0 Å². The van der Waals surface area contributed by atoms with Gasteiger partial charge >= 0.3 is 0 Å². The number of benzene rings is 2. The van der Waals surface area contributed by atoms with Crippen molar-refractivity contribution < 1.29 is 8.42 Å². The van der Waals surface area contributed by atoms with Crippen LogP contribution in [-0.2, 0) is 9.84 Å². The molecular formula is C15H17NO2S. The van der Waals surface area contributed by atoms with Gasteiger partial charge in [0.2, 0.25) is 0 Å². The number of hydrogen-bond donors (Lipinski definition) is 1. The van der Waals surface area contributed by atoms with Crippen molar-refractivity contribution in [1.29, 1.82) is 0 Å². The number of para-hydroxylation sites is 1. The largest absolute Gasteiger partial charge is 0.384 e. The molecule has 0 atom stereocenters. The second-order valence-corrected chi connectivity index (χ2v) is 6.48. The van der Waals surface area contributed by atoms with E-state index in [9.17, 15) is 8.42 Å². The molecule has 3 nitrogen and oxygen atoms in total. The molecule has 0 aliphatic carbocycles. The van der Waals surface area contributed by atoms with Gasteiger partial charge in [-0.25, -0.2) is 8.42 Å². The van der Waals surface area contributed by atoms with E-state index in [1.54, 1.807) is 24.3 Å². The monoisotopic (exact) mass is 275 g/mol. The lowest BCUT2D eigenvalue weighted by Crippen LogP contribution is -2.16. The minimum atomic E-state index is -3.21. The molecule has 0 heterocycles. The number of sulfone groups is 1. The Morgan fingerprint density at radius 2 is 1.58 bits per heavy atom. The third kappa shape index (κ3) is 3.58. The van der Waals surface area contributed by atoms with Crippen LogP contribution in [0.4, 0.5) is 5.69 Å². The Morgan fingerprint density at radius 1 is 0.947 bits per heavy atom. The van der Waals surface area contributed by atoms with Crippen LogP contribution in [0, 0.1) is 6.92 Å². The molecule has 0 unspecified atom stereocenters. The van der Waals surface area contributed by atoms with Crippen LogP contribution in [0.1, 0.15) is 5.56 Å². The molecule has 2 aromatic carbocycles. The summed E-state index contributed by atoms with van der Waals surface area (Å²) >= 11 is 0. The molecule has 0 saturated heterocycles. The van der Waals surface area contributed by atoms with E-state index in [1.165, 1.54) is 0 Å². The highest BCUT2D eigenvalue weighted by Crippen LogP contribution is 2.14. The Labute approximate surface area is 114 Å². The average Bonchev–Trinajstić information content (AvgIpc) is 2.42. The molecule has 1 N–H and O–H groups in total. The Bertz CT molecular complexity index is 636. The molecule has 0 aliphatic heterocycles. The molecule has 0 aromatic heterocycles. The zero-order chi connectivity index (χ0) is 13.7. The van der Waals surface area contributed by atoms with Gasteiger partial charge in [-0.05, 0) is 30.7 Å². The SMILES string of the molecule is Cc1ccccc1NCCS(=O)(=O)c1ccccc1. The van der Waals surface area contributed by atoms with Crippen LogP contribution in [0.25, 0.3) is 0 Å². The van der Waals surface area contributed by atoms with E-state index in [-0.39, 0.29) is 5.75 Å². The topological polar surface area (TPSA) is 46.2 Å². The van der Waals surface area contributed by atoms with E-state index >= 15 is 0 Å². The van der Waals surface area contributed by atoms with Crippen LogP contribution in [0.15, 0.2) is 59.5 Å². The Balaban J connectivity index is 1.98. The second kappa shape index (κ2) is 5.89. The molecule has 0 radical (unpaired) electrons. The van der Waals surface area contributed by atoms with E-state index < -0.39 is 9.84 Å². The minimum absolute atomic E-state index is 0.0886. The second-order valence-electron chi connectivity index (χ2n) is 4.37. The summed E-state index contributed by atoms with van der Waals surface area (Å²) in [6.45, 7) is 2.40. The van der Waals surface area contributed by atoms with Gasteiger partial charge in [0.1, 0.15) is 0 Å². The molecule has 0 aliphatic rings. The molecule has 2 rings (SSSR count). The minimum Gasteiger partial charge on any atom is -0.384 e. The predicted octanol–water partition coefficient (Wildman–Crippen LogP) is 2.88. The van der Waals surface area contributed by atoms with E-state index in [1.807, 2.05) is 37.3 Å².